The van der Waals surface area contributed by atoms with E-state index in [0.717, 1.165) is 0 Å². The van der Waals surface area contributed by atoms with Crippen molar-refractivity contribution >= 4 is 19.6 Å². The Morgan fingerprint density at radius 1 is 1.29 bits per heavy atom. The number of hydrogen-bond donors (Lipinski definition) is 0. The van der Waals surface area contributed by atoms with Crippen LogP contribution in [0.4, 0.5) is 0 Å². The number of nitrogens with zero attached hydrogens (tertiary/aromatic N) is 1. The zero-order valence-electron chi connectivity index (χ0n) is 8.66. The minimum atomic E-state index is 0.530. The molecule has 1 unspecified atom stereocenters. The van der Waals surface area contributed by atoms with E-state index >= 15 is 0 Å². The molecule has 14 heavy (non-hydrogen) atoms. The molecule has 74 valence electrons. The summed E-state index contributed by atoms with van der Waals surface area (Å²) >= 11 is 0.599. The van der Waals surface area contributed by atoms with E-state index in [4.69, 9.17) is 4.99 Å². The van der Waals surface area contributed by atoms with E-state index in [-0.39, 0.29) is 0 Å². The molecule has 0 saturated carbocycles. The third kappa shape index (κ3) is 2.26. The van der Waals surface area contributed by atoms with E-state index in [2.05, 4.69) is 38.1 Å². The van der Waals surface area contributed by atoms with Gasteiger partial charge in [-0.05, 0) is 0 Å². The Balaban J connectivity index is 2.26. The van der Waals surface area contributed by atoms with E-state index in [1.807, 2.05) is 0 Å². The molecule has 0 bridgehead atoms. The first-order chi connectivity index (χ1) is 6.75. The summed E-state index contributed by atoms with van der Waals surface area (Å²) in [5.74, 6) is 0. The molecule has 0 amide bonds. The first-order valence-electron chi connectivity index (χ1n) is 5.03. The van der Waals surface area contributed by atoms with Crippen molar-refractivity contribution in [2.24, 2.45) is 4.99 Å². The first kappa shape index (κ1) is 9.95. The van der Waals surface area contributed by atoms with Crippen molar-refractivity contribution in [3.8, 4) is 0 Å². The molecule has 0 N–H and O–H groups in total. The Morgan fingerprint density at radius 2 is 2.00 bits per heavy atom. The summed E-state index contributed by atoms with van der Waals surface area (Å²) in [6, 6.07) is 9.28. The summed E-state index contributed by atoms with van der Waals surface area (Å²) < 4.78 is 1.36. The van der Waals surface area contributed by atoms with Crippen molar-refractivity contribution in [3.05, 3.63) is 35.4 Å². The van der Waals surface area contributed by atoms with Crippen LogP contribution in [0.15, 0.2) is 29.3 Å². The van der Waals surface area contributed by atoms with Gasteiger partial charge in [-0.3, -0.25) is 0 Å². The summed E-state index contributed by atoms with van der Waals surface area (Å²) in [6.07, 6.45) is 1.27. The zero-order chi connectivity index (χ0) is 9.97. The standard InChI is InChI=1S/C12H15NSe/c1-9-3-5-11(6-4-9)12-13-10(2)7-8-14-12/h3-6,10H,7-8H2,1-2H3. The second kappa shape index (κ2) is 4.29. The van der Waals surface area contributed by atoms with Crippen molar-refractivity contribution in [3.63, 3.8) is 0 Å². The van der Waals surface area contributed by atoms with Gasteiger partial charge in [0.25, 0.3) is 0 Å². The molecule has 0 radical (unpaired) electrons. The van der Waals surface area contributed by atoms with Crippen LogP contribution in [0.3, 0.4) is 0 Å². The van der Waals surface area contributed by atoms with Gasteiger partial charge in [0.15, 0.2) is 0 Å². The zero-order valence-corrected chi connectivity index (χ0v) is 10.4. The second-order valence-corrected chi connectivity index (χ2v) is 6.06. The van der Waals surface area contributed by atoms with Crippen molar-refractivity contribution < 1.29 is 0 Å². The minimum absolute atomic E-state index is 0.530. The maximum atomic E-state index is 4.73. The summed E-state index contributed by atoms with van der Waals surface area (Å²) in [6.45, 7) is 4.34. The number of aliphatic imine (C=N–C) groups is 1. The topological polar surface area (TPSA) is 12.4 Å². The van der Waals surface area contributed by atoms with Gasteiger partial charge in [-0.1, -0.05) is 0 Å². The summed E-state index contributed by atoms with van der Waals surface area (Å²) in [7, 11) is 0. The quantitative estimate of drug-likeness (QED) is 0.681. The summed E-state index contributed by atoms with van der Waals surface area (Å²) in [5, 5.41) is 1.35. The van der Waals surface area contributed by atoms with Crippen molar-refractivity contribution in [1.82, 2.24) is 0 Å². The van der Waals surface area contributed by atoms with Crippen molar-refractivity contribution in [2.75, 3.05) is 0 Å². The van der Waals surface area contributed by atoms with Gasteiger partial charge in [0, 0.05) is 0 Å². The third-order valence-corrected chi connectivity index (χ3v) is 4.62. The van der Waals surface area contributed by atoms with Crippen LogP contribution in [0.5, 0.6) is 0 Å². The molecule has 0 aliphatic carbocycles. The fourth-order valence-electron chi connectivity index (χ4n) is 1.48. The summed E-state index contributed by atoms with van der Waals surface area (Å²) in [4.78, 5) is 4.73. The van der Waals surface area contributed by atoms with Gasteiger partial charge in [-0.2, -0.15) is 0 Å². The molecule has 1 aromatic rings. The molecule has 1 nitrogen and oxygen atoms in total. The van der Waals surface area contributed by atoms with Gasteiger partial charge < -0.3 is 0 Å². The molecule has 1 aliphatic rings. The Bertz CT molecular complexity index is 340. The molecular formula is C12H15NSe. The number of hydrogen-bond acceptors (Lipinski definition) is 1. The normalized spacial score (nSPS) is 21.9. The van der Waals surface area contributed by atoms with Gasteiger partial charge in [0.2, 0.25) is 0 Å². The van der Waals surface area contributed by atoms with Crippen LogP contribution in [-0.2, 0) is 0 Å². The molecule has 1 heterocycles. The fourth-order valence-corrected chi connectivity index (χ4v) is 4.02. The maximum absolute atomic E-state index is 4.73. The Hall–Kier alpha value is -0.591. The SMILES string of the molecule is Cc1ccc(C2=NC(C)CC[Se]2)cc1. The van der Waals surface area contributed by atoms with Crippen LogP contribution in [-0.4, -0.2) is 25.6 Å². The van der Waals surface area contributed by atoms with Crippen molar-refractivity contribution in [2.45, 2.75) is 31.6 Å². The van der Waals surface area contributed by atoms with Gasteiger partial charge >= 0.3 is 91.6 Å². The molecule has 2 heteroatoms. The Morgan fingerprint density at radius 3 is 2.64 bits per heavy atom. The van der Waals surface area contributed by atoms with Crippen LogP contribution in [0.2, 0.25) is 5.32 Å². The van der Waals surface area contributed by atoms with E-state index in [9.17, 15) is 0 Å². The molecule has 0 aromatic heterocycles. The van der Waals surface area contributed by atoms with Crippen LogP contribution in [0.25, 0.3) is 0 Å². The molecule has 2 rings (SSSR count). The van der Waals surface area contributed by atoms with Gasteiger partial charge in [-0.25, -0.2) is 0 Å². The monoisotopic (exact) mass is 253 g/mol. The average Bonchev–Trinajstić information content (AvgIpc) is 2.19. The van der Waals surface area contributed by atoms with Crippen LogP contribution >= 0.6 is 0 Å². The number of aryl methyl sites for hydroxylation is 1. The van der Waals surface area contributed by atoms with Crippen LogP contribution in [0, 0.1) is 6.92 Å². The van der Waals surface area contributed by atoms with Crippen LogP contribution < -0.4 is 0 Å². The predicted octanol–water partition coefficient (Wildman–Crippen LogP) is 2.66. The first-order valence-corrected chi connectivity index (χ1v) is 7.10. The molecular weight excluding hydrogens is 237 g/mol. The Labute approximate surface area is 91.8 Å². The molecule has 1 aliphatic heterocycles. The number of rotatable bonds is 1. The van der Waals surface area contributed by atoms with E-state index in [1.54, 1.807) is 0 Å². The van der Waals surface area contributed by atoms with Gasteiger partial charge in [0.05, 0.1) is 0 Å². The van der Waals surface area contributed by atoms with E-state index < -0.39 is 0 Å². The van der Waals surface area contributed by atoms with Crippen LogP contribution in [0.1, 0.15) is 24.5 Å². The molecule has 0 spiro atoms. The number of benzene rings is 1. The molecule has 1 aromatic carbocycles. The average molecular weight is 252 g/mol. The second-order valence-electron chi connectivity index (χ2n) is 3.79. The van der Waals surface area contributed by atoms with Gasteiger partial charge in [0.1, 0.15) is 0 Å². The van der Waals surface area contributed by atoms with Gasteiger partial charge in [-0.15, -0.1) is 0 Å². The molecule has 0 fully saturated rings. The van der Waals surface area contributed by atoms with Crippen molar-refractivity contribution in [1.29, 1.82) is 0 Å². The fraction of sp³-hybridized carbons (Fsp3) is 0.417. The predicted molar refractivity (Wildman–Crippen MR) is 62.4 cm³/mol. The summed E-state index contributed by atoms with van der Waals surface area (Å²) in [5.41, 5.74) is 2.66. The molecule has 0 saturated heterocycles. The van der Waals surface area contributed by atoms with E-state index in [0.29, 0.717) is 21.0 Å². The molecule has 1 atom stereocenters. The third-order valence-electron chi connectivity index (χ3n) is 2.41. The Kier molecular flexibility index (Phi) is 3.05. The van der Waals surface area contributed by atoms with E-state index in [1.165, 1.54) is 27.5 Å².